The molecule has 2 fully saturated rings. The van der Waals surface area contributed by atoms with Crippen molar-refractivity contribution in [3.8, 4) is 11.8 Å². The van der Waals surface area contributed by atoms with Crippen LogP contribution in [-0.4, -0.2) is 18.0 Å². The van der Waals surface area contributed by atoms with Crippen LogP contribution in [0.25, 0.3) is 0 Å². The first-order valence-electron chi connectivity index (χ1n) is 10.6. The summed E-state index contributed by atoms with van der Waals surface area (Å²) in [5, 5.41) is 8.84. The van der Waals surface area contributed by atoms with Crippen molar-refractivity contribution >= 4 is 11.9 Å². The number of ether oxygens (including phenoxy) is 2. The van der Waals surface area contributed by atoms with Crippen LogP contribution < -0.4 is 4.74 Å². The zero-order chi connectivity index (χ0) is 20.6. The molecule has 0 aromatic heterocycles. The quantitative estimate of drug-likeness (QED) is 0.401. The Morgan fingerprint density at radius 3 is 2.10 bits per heavy atom. The van der Waals surface area contributed by atoms with Gasteiger partial charge in [0.1, 0.15) is 11.9 Å². The molecule has 1 aromatic carbocycles. The van der Waals surface area contributed by atoms with E-state index in [-0.39, 0.29) is 24.0 Å². The molecule has 154 valence electrons. The molecule has 1 aromatic rings. The van der Waals surface area contributed by atoms with E-state index in [2.05, 4.69) is 6.07 Å². The predicted octanol–water partition coefficient (Wildman–Crippen LogP) is 4.95. The van der Waals surface area contributed by atoms with Crippen LogP contribution in [0.5, 0.6) is 5.75 Å². The molecule has 0 spiro atoms. The Balaban J connectivity index is 1.40. The summed E-state index contributed by atoms with van der Waals surface area (Å²) >= 11 is 0. The normalized spacial score (nSPS) is 27.2. The maximum Gasteiger partial charge on any atom is 0.330 e. The molecule has 2 aliphatic carbocycles. The Morgan fingerprint density at radius 1 is 0.966 bits per heavy atom. The van der Waals surface area contributed by atoms with Crippen LogP contribution in [-0.2, 0) is 14.3 Å². The summed E-state index contributed by atoms with van der Waals surface area (Å²) in [6, 6.07) is 8.71. The van der Waals surface area contributed by atoms with Gasteiger partial charge in [0.2, 0.25) is 0 Å². The number of nitrogens with zero attached hydrogens (tertiary/aromatic N) is 1. The Kier molecular flexibility index (Phi) is 7.46. The van der Waals surface area contributed by atoms with Crippen LogP contribution >= 0.6 is 0 Å². The van der Waals surface area contributed by atoms with Gasteiger partial charge in [-0.3, -0.25) is 4.79 Å². The molecule has 0 heterocycles. The van der Waals surface area contributed by atoms with E-state index >= 15 is 0 Å². The lowest BCUT2D eigenvalue weighted by Gasteiger charge is -2.37. The largest absolute Gasteiger partial charge is 0.459 e. The maximum absolute atomic E-state index is 12.5. The predicted molar refractivity (Wildman–Crippen MR) is 109 cm³/mol. The van der Waals surface area contributed by atoms with Crippen LogP contribution in [0.4, 0.5) is 0 Å². The van der Waals surface area contributed by atoms with Crippen molar-refractivity contribution in [2.24, 2.45) is 17.8 Å². The van der Waals surface area contributed by atoms with Crippen LogP contribution in [0.1, 0.15) is 63.9 Å². The first-order chi connectivity index (χ1) is 14.1. The highest BCUT2D eigenvalue weighted by molar-refractivity contribution is 5.81. The molecule has 0 N–H and O–H groups in total. The molecule has 0 aliphatic heterocycles. The first kappa shape index (κ1) is 21.1. The van der Waals surface area contributed by atoms with E-state index in [1.54, 1.807) is 30.3 Å². The van der Waals surface area contributed by atoms with Crippen molar-refractivity contribution in [1.29, 1.82) is 5.26 Å². The van der Waals surface area contributed by atoms with Crippen molar-refractivity contribution in [3.63, 3.8) is 0 Å². The molecule has 0 atom stereocenters. The van der Waals surface area contributed by atoms with Crippen molar-refractivity contribution in [2.75, 3.05) is 0 Å². The van der Waals surface area contributed by atoms with Gasteiger partial charge >= 0.3 is 11.9 Å². The summed E-state index contributed by atoms with van der Waals surface area (Å²) < 4.78 is 11.0. The average Bonchev–Trinajstić information content (AvgIpc) is 2.75. The zero-order valence-corrected chi connectivity index (χ0v) is 17.0. The monoisotopic (exact) mass is 395 g/mol. The second kappa shape index (κ2) is 10.2. The Labute approximate surface area is 172 Å². The molecular weight excluding hydrogens is 366 g/mol. The lowest BCUT2D eigenvalue weighted by atomic mass is 9.70. The second-order valence-corrected chi connectivity index (χ2v) is 8.14. The van der Waals surface area contributed by atoms with Crippen molar-refractivity contribution in [2.45, 2.75) is 64.4 Å². The highest BCUT2D eigenvalue weighted by Crippen LogP contribution is 2.40. The SMILES string of the molecule is C/C=C/C(=O)OC1CCC(C2CCC(C(=O)Oc3ccc(C#N)cc3)CC2)CC1. The van der Waals surface area contributed by atoms with E-state index in [9.17, 15) is 9.59 Å². The summed E-state index contributed by atoms with van der Waals surface area (Å²) in [6.45, 7) is 1.81. The van der Waals surface area contributed by atoms with Crippen molar-refractivity contribution in [1.82, 2.24) is 0 Å². The topological polar surface area (TPSA) is 76.4 Å². The molecule has 5 heteroatoms. The number of nitriles is 1. The summed E-state index contributed by atoms with van der Waals surface area (Å²) in [5.74, 6) is 1.38. The molecule has 3 rings (SSSR count). The van der Waals surface area contributed by atoms with E-state index in [1.165, 1.54) is 6.08 Å². The molecule has 29 heavy (non-hydrogen) atoms. The standard InChI is InChI=1S/C24H29NO4/c1-2-3-23(26)28-21-14-10-19(11-15-21)18-6-8-20(9-7-18)24(27)29-22-12-4-17(16-25)5-13-22/h2-5,12-13,18-21H,6-11,14-15H2,1H3/b3-2+. The van der Waals surface area contributed by atoms with E-state index in [0.717, 1.165) is 51.4 Å². The third-order valence-corrected chi connectivity index (χ3v) is 6.28. The third kappa shape index (κ3) is 5.93. The summed E-state index contributed by atoms with van der Waals surface area (Å²) in [5.41, 5.74) is 0.552. The number of carbonyl (C=O) groups excluding carboxylic acids is 2. The van der Waals surface area contributed by atoms with Gasteiger partial charge in [-0.1, -0.05) is 6.08 Å². The highest BCUT2D eigenvalue weighted by Gasteiger charge is 2.34. The summed E-state index contributed by atoms with van der Waals surface area (Å²) in [6.07, 6.45) is 11.2. The lowest BCUT2D eigenvalue weighted by molar-refractivity contribution is -0.145. The number of rotatable bonds is 5. The fraction of sp³-hybridized carbons (Fsp3) is 0.542. The molecule has 0 radical (unpaired) electrons. The van der Waals surface area contributed by atoms with Gasteiger partial charge in [0.15, 0.2) is 0 Å². The molecule has 5 nitrogen and oxygen atoms in total. The minimum Gasteiger partial charge on any atom is -0.459 e. The minimum absolute atomic E-state index is 0.0416. The fourth-order valence-corrected chi connectivity index (χ4v) is 4.64. The molecule has 2 aliphatic rings. The molecule has 2 saturated carbocycles. The number of allylic oxidation sites excluding steroid dienone is 1. The van der Waals surface area contributed by atoms with Gasteiger partial charge in [0.25, 0.3) is 0 Å². The molecular formula is C24H29NO4. The second-order valence-electron chi connectivity index (χ2n) is 8.14. The number of esters is 2. The number of hydrogen-bond acceptors (Lipinski definition) is 5. The minimum atomic E-state index is -0.239. The molecule has 0 bridgehead atoms. The summed E-state index contributed by atoms with van der Waals surface area (Å²) in [7, 11) is 0. The van der Waals surface area contributed by atoms with Gasteiger partial charge in [-0.2, -0.15) is 5.26 Å². The Morgan fingerprint density at radius 2 is 1.55 bits per heavy atom. The van der Waals surface area contributed by atoms with Crippen LogP contribution in [0.2, 0.25) is 0 Å². The van der Waals surface area contributed by atoms with Gasteiger partial charge in [-0.05, 0) is 94.4 Å². The molecule has 0 amide bonds. The van der Waals surface area contributed by atoms with Gasteiger partial charge in [-0.25, -0.2) is 4.79 Å². The van der Waals surface area contributed by atoms with E-state index in [4.69, 9.17) is 14.7 Å². The Bertz CT molecular complexity index is 761. The van der Waals surface area contributed by atoms with Gasteiger partial charge < -0.3 is 9.47 Å². The molecule has 0 saturated heterocycles. The van der Waals surface area contributed by atoms with Crippen molar-refractivity contribution in [3.05, 3.63) is 42.0 Å². The van der Waals surface area contributed by atoms with Crippen LogP contribution in [0.3, 0.4) is 0 Å². The van der Waals surface area contributed by atoms with Crippen LogP contribution in [0.15, 0.2) is 36.4 Å². The first-order valence-corrected chi connectivity index (χ1v) is 10.6. The average molecular weight is 395 g/mol. The molecule has 0 unspecified atom stereocenters. The van der Waals surface area contributed by atoms with E-state index in [0.29, 0.717) is 23.1 Å². The zero-order valence-electron chi connectivity index (χ0n) is 17.0. The van der Waals surface area contributed by atoms with Gasteiger partial charge in [0.05, 0.1) is 17.6 Å². The van der Waals surface area contributed by atoms with E-state index in [1.807, 2.05) is 6.92 Å². The third-order valence-electron chi connectivity index (χ3n) is 6.28. The highest BCUT2D eigenvalue weighted by atomic mass is 16.5. The maximum atomic E-state index is 12.5. The van der Waals surface area contributed by atoms with E-state index < -0.39 is 0 Å². The number of hydrogen-bond donors (Lipinski definition) is 0. The smallest absolute Gasteiger partial charge is 0.330 e. The lowest BCUT2D eigenvalue weighted by Crippen LogP contribution is -2.31. The van der Waals surface area contributed by atoms with Gasteiger partial charge in [0, 0.05) is 6.08 Å². The number of carbonyl (C=O) groups is 2. The summed E-state index contributed by atoms with van der Waals surface area (Å²) in [4.78, 5) is 24.1. The van der Waals surface area contributed by atoms with Crippen LogP contribution in [0, 0.1) is 29.1 Å². The van der Waals surface area contributed by atoms with Crippen molar-refractivity contribution < 1.29 is 19.1 Å². The van der Waals surface area contributed by atoms with Gasteiger partial charge in [-0.15, -0.1) is 0 Å². The fourth-order valence-electron chi connectivity index (χ4n) is 4.64. The Hall–Kier alpha value is -2.61. The number of benzene rings is 1.